The van der Waals surface area contributed by atoms with Crippen LogP contribution in [0.2, 0.25) is 19.6 Å². The fraction of sp³-hybridized carbons (Fsp3) is 0.900. The van der Waals surface area contributed by atoms with Gasteiger partial charge in [-0.15, -0.1) is 0 Å². The highest BCUT2D eigenvalue weighted by molar-refractivity contribution is 6.69. The highest BCUT2D eigenvalue weighted by atomic mass is 28.4. The summed E-state index contributed by atoms with van der Waals surface area (Å²) >= 11 is 0. The van der Waals surface area contributed by atoms with E-state index < -0.39 is 8.32 Å². The molecule has 0 bridgehead atoms. The second-order valence-electron chi connectivity index (χ2n) is 4.93. The van der Waals surface area contributed by atoms with Crippen LogP contribution in [0.25, 0.3) is 0 Å². The third kappa shape index (κ3) is 5.21. The quantitative estimate of drug-likeness (QED) is 0.506. The van der Waals surface area contributed by atoms with Crippen LogP contribution in [0.5, 0.6) is 0 Å². The first-order chi connectivity index (χ1) is 5.78. The monoisotopic (exact) mass is 202 g/mol. The molecule has 0 unspecified atom stereocenters. The molecular weight excluding hydrogens is 180 g/mol. The van der Waals surface area contributed by atoms with Gasteiger partial charge >= 0.3 is 0 Å². The summed E-state index contributed by atoms with van der Waals surface area (Å²) < 4.78 is 5.96. The molecule has 0 saturated carbocycles. The van der Waals surface area contributed by atoms with Gasteiger partial charge in [-0.05, 0) is 25.6 Å². The normalized spacial score (nSPS) is 17.2. The minimum absolute atomic E-state index is 0.00623. The second-order valence-corrected chi connectivity index (χ2v) is 9.39. The molecule has 0 aliphatic heterocycles. The van der Waals surface area contributed by atoms with Gasteiger partial charge in [0.1, 0.15) is 6.29 Å². The van der Waals surface area contributed by atoms with Gasteiger partial charge in [0, 0.05) is 5.92 Å². The number of aldehydes is 1. The van der Waals surface area contributed by atoms with E-state index in [4.69, 9.17) is 4.43 Å². The molecule has 0 amide bonds. The van der Waals surface area contributed by atoms with Gasteiger partial charge < -0.3 is 9.22 Å². The minimum Gasteiger partial charge on any atom is -0.414 e. The van der Waals surface area contributed by atoms with E-state index in [0.717, 1.165) is 6.29 Å². The van der Waals surface area contributed by atoms with E-state index >= 15 is 0 Å². The molecule has 3 heteroatoms. The Bertz CT molecular complexity index is 161. The molecule has 13 heavy (non-hydrogen) atoms. The third-order valence-corrected chi connectivity index (χ3v) is 2.86. The van der Waals surface area contributed by atoms with Crippen LogP contribution < -0.4 is 0 Å². The van der Waals surface area contributed by atoms with Gasteiger partial charge in [0.15, 0.2) is 8.32 Å². The van der Waals surface area contributed by atoms with E-state index in [1.165, 1.54) is 0 Å². The molecule has 0 aliphatic rings. The molecule has 2 atom stereocenters. The fourth-order valence-corrected chi connectivity index (χ4v) is 2.64. The standard InChI is InChI=1S/C10H22O2Si/c1-8(2)10(9(3)7-11)12-13(4,5)6/h7-10H,1-6H3/t9-,10+/m0/s1. The number of hydrogen-bond acceptors (Lipinski definition) is 2. The van der Waals surface area contributed by atoms with Crippen LogP contribution in [0.1, 0.15) is 20.8 Å². The first-order valence-electron chi connectivity index (χ1n) is 4.91. The lowest BCUT2D eigenvalue weighted by molar-refractivity contribution is -0.114. The van der Waals surface area contributed by atoms with Crippen molar-refractivity contribution in [3.8, 4) is 0 Å². The molecule has 0 fully saturated rings. The number of carbonyl (C=O) groups is 1. The van der Waals surface area contributed by atoms with Crippen molar-refractivity contribution in [2.24, 2.45) is 11.8 Å². The zero-order valence-corrected chi connectivity index (χ0v) is 10.6. The van der Waals surface area contributed by atoms with E-state index in [9.17, 15) is 4.79 Å². The number of rotatable bonds is 5. The SMILES string of the molecule is CC(C)[C@@H](O[Si](C)(C)C)[C@@H](C)C=O. The average molecular weight is 202 g/mol. The molecule has 0 N–H and O–H groups in total. The topological polar surface area (TPSA) is 26.3 Å². The lowest BCUT2D eigenvalue weighted by atomic mass is 9.96. The maximum Gasteiger partial charge on any atom is 0.184 e. The van der Waals surface area contributed by atoms with Crippen molar-refractivity contribution in [3.05, 3.63) is 0 Å². The van der Waals surface area contributed by atoms with Crippen molar-refractivity contribution in [3.63, 3.8) is 0 Å². The molecule has 0 aromatic rings. The molecule has 0 aromatic heterocycles. The van der Waals surface area contributed by atoms with E-state index in [-0.39, 0.29) is 12.0 Å². The highest BCUT2D eigenvalue weighted by Crippen LogP contribution is 2.20. The van der Waals surface area contributed by atoms with Crippen molar-refractivity contribution in [2.45, 2.75) is 46.5 Å². The molecule has 0 radical (unpaired) electrons. The summed E-state index contributed by atoms with van der Waals surface area (Å²) in [7, 11) is -1.52. The second kappa shape index (κ2) is 4.91. The van der Waals surface area contributed by atoms with Crippen LogP contribution in [-0.4, -0.2) is 20.7 Å². The Morgan fingerprint density at radius 3 is 1.85 bits per heavy atom. The first-order valence-corrected chi connectivity index (χ1v) is 8.32. The number of hydrogen-bond donors (Lipinski definition) is 0. The van der Waals surface area contributed by atoms with E-state index in [1.807, 2.05) is 6.92 Å². The summed E-state index contributed by atoms with van der Waals surface area (Å²) in [5.41, 5.74) is 0. The summed E-state index contributed by atoms with van der Waals surface area (Å²) in [5, 5.41) is 0. The zero-order chi connectivity index (χ0) is 10.6. The Morgan fingerprint density at radius 2 is 1.62 bits per heavy atom. The Morgan fingerprint density at radius 1 is 1.15 bits per heavy atom. The van der Waals surface area contributed by atoms with Crippen molar-refractivity contribution in [2.75, 3.05) is 0 Å². The Balaban J connectivity index is 4.35. The maximum atomic E-state index is 10.7. The van der Waals surface area contributed by atoms with Gasteiger partial charge in [-0.3, -0.25) is 0 Å². The number of carbonyl (C=O) groups excluding carboxylic acids is 1. The molecule has 0 saturated heterocycles. The first kappa shape index (κ1) is 12.8. The van der Waals surface area contributed by atoms with Gasteiger partial charge in [-0.25, -0.2) is 0 Å². The van der Waals surface area contributed by atoms with Gasteiger partial charge in [0.05, 0.1) is 6.10 Å². The fourth-order valence-electron chi connectivity index (χ4n) is 1.34. The molecule has 0 aliphatic carbocycles. The van der Waals surface area contributed by atoms with Crippen molar-refractivity contribution < 1.29 is 9.22 Å². The lowest BCUT2D eigenvalue weighted by Gasteiger charge is -2.31. The molecule has 2 nitrogen and oxygen atoms in total. The van der Waals surface area contributed by atoms with Crippen LogP contribution in [-0.2, 0) is 9.22 Å². The Labute approximate surface area is 82.8 Å². The van der Waals surface area contributed by atoms with Crippen LogP contribution in [0, 0.1) is 11.8 Å². The smallest absolute Gasteiger partial charge is 0.184 e. The summed E-state index contributed by atoms with van der Waals surface area (Å²) in [6, 6.07) is 0. The van der Waals surface area contributed by atoms with Gasteiger partial charge in [-0.1, -0.05) is 20.8 Å². The molecule has 0 aromatic carbocycles. The Kier molecular flexibility index (Phi) is 4.85. The van der Waals surface area contributed by atoms with Crippen molar-refractivity contribution in [1.82, 2.24) is 0 Å². The maximum absolute atomic E-state index is 10.7. The predicted octanol–water partition coefficient (Wildman–Crippen LogP) is 2.70. The van der Waals surface area contributed by atoms with Crippen molar-refractivity contribution >= 4 is 14.6 Å². The van der Waals surface area contributed by atoms with E-state index in [0.29, 0.717) is 5.92 Å². The van der Waals surface area contributed by atoms with Gasteiger partial charge in [0.25, 0.3) is 0 Å². The van der Waals surface area contributed by atoms with E-state index in [2.05, 4.69) is 33.5 Å². The average Bonchev–Trinajstić information content (AvgIpc) is 1.96. The lowest BCUT2D eigenvalue weighted by Crippen LogP contribution is -2.39. The summed E-state index contributed by atoms with van der Waals surface area (Å²) in [4.78, 5) is 10.7. The third-order valence-electron chi connectivity index (χ3n) is 1.88. The zero-order valence-electron chi connectivity index (χ0n) is 9.63. The summed E-state index contributed by atoms with van der Waals surface area (Å²) in [6.07, 6.45) is 1.08. The molecular formula is C10H22O2Si. The molecule has 78 valence electrons. The highest BCUT2D eigenvalue weighted by Gasteiger charge is 2.27. The minimum atomic E-state index is -1.52. The van der Waals surface area contributed by atoms with Crippen LogP contribution in [0.3, 0.4) is 0 Å². The van der Waals surface area contributed by atoms with Gasteiger partial charge in [-0.2, -0.15) is 0 Å². The van der Waals surface area contributed by atoms with E-state index in [1.54, 1.807) is 0 Å². The molecule has 0 rings (SSSR count). The Hall–Kier alpha value is -0.153. The largest absolute Gasteiger partial charge is 0.414 e. The van der Waals surface area contributed by atoms with Crippen LogP contribution in [0.15, 0.2) is 0 Å². The van der Waals surface area contributed by atoms with Crippen LogP contribution in [0.4, 0.5) is 0 Å². The van der Waals surface area contributed by atoms with Crippen LogP contribution >= 0.6 is 0 Å². The molecule has 0 spiro atoms. The summed E-state index contributed by atoms with van der Waals surface area (Å²) in [6.45, 7) is 12.6. The van der Waals surface area contributed by atoms with Gasteiger partial charge in [0.2, 0.25) is 0 Å². The summed E-state index contributed by atoms with van der Waals surface area (Å²) in [5.74, 6) is 0.415. The predicted molar refractivity (Wildman–Crippen MR) is 58.3 cm³/mol. The van der Waals surface area contributed by atoms with Crippen molar-refractivity contribution in [1.29, 1.82) is 0 Å². The molecule has 0 heterocycles.